The average molecular weight is 179 g/mol. The van der Waals surface area contributed by atoms with E-state index >= 15 is 0 Å². The highest BCUT2D eigenvalue weighted by atomic mass is 16.5. The Kier molecular flexibility index (Phi) is 2.90. The van der Waals surface area contributed by atoms with Crippen LogP contribution in [0, 0.1) is 6.92 Å². The normalized spacial score (nSPS) is 12.2. The zero-order valence-electron chi connectivity index (χ0n) is 7.61. The molecular formula is C10H11O3. The topological polar surface area (TPSA) is 46.2 Å². The molecule has 13 heavy (non-hydrogen) atoms. The summed E-state index contributed by atoms with van der Waals surface area (Å²) in [6, 6.07) is 7.18. The third-order valence-electron chi connectivity index (χ3n) is 1.67. The maximum Gasteiger partial charge on any atom is 0.395 e. The molecule has 0 aliphatic rings. The molecule has 3 heteroatoms. The van der Waals surface area contributed by atoms with E-state index in [4.69, 9.17) is 4.74 Å². The van der Waals surface area contributed by atoms with Gasteiger partial charge in [0.1, 0.15) is 5.75 Å². The van der Waals surface area contributed by atoms with Crippen LogP contribution in [0.3, 0.4) is 0 Å². The average Bonchev–Trinajstić information content (AvgIpc) is 2.08. The van der Waals surface area contributed by atoms with Crippen molar-refractivity contribution >= 4 is 5.97 Å². The molecule has 3 nitrogen and oxygen atoms in total. The number of ether oxygens (including phenoxy) is 1. The van der Waals surface area contributed by atoms with Crippen molar-refractivity contribution in [1.29, 1.82) is 0 Å². The number of hydrogen-bond donors (Lipinski definition) is 0. The van der Waals surface area contributed by atoms with E-state index in [1.165, 1.54) is 6.92 Å². The van der Waals surface area contributed by atoms with Crippen molar-refractivity contribution in [3.05, 3.63) is 29.8 Å². The zero-order chi connectivity index (χ0) is 9.84. The summed E-state index contributed by atoms with van der Waals surface area (Å²) in [5.41, 5.74) is 1.11. The van der Waals surface area contributed by atoms with Crippen molar-refractivity contribution in [3.8, 4) is 5.75 Å². The highest BCUT2D eigenvalue weighted by Gasteiger charge is 2.14. The molecular weight excluding hydrogens is 168 g/mol. The Balaban J connectivity index is 2.64. The van der Waals surface area contributed by atoms with Crippen molar-refractivity contribution in [2.75, 3.05) is 0 Å². The van der Waals surface area contributed by atoms with E-state index in [1.54, 1.807) is 12.1 Å². The van der Waals surface area contributed by atoms with Crippen molar-refractivity contribution < 1.29 is 14.6 Å². The minimum atomic E-state index is -1.21. The number of hydrogen-bond acceptors (Lipinski definition) is 2. The van der Waals surface area contributed by atoms with Gasteiger partial charge in [-0.1, -0.05) is 17.7 Å². The summed E-state index contributed by atoms with van der Waals surface area (Å²) in [6.07, 6.45) is -0.914. The minimum absolute atomic E-state index is 0.544. The molecule has 1 radical (unpaired) electrons. The Bertz CT molecular complexity index is 290. The van der Waals surface area contributed by atoms with Crippen molar-refractivity contribution in [1.82, 2.24) is 0 Å². The first-order chi connectivity index (χ1) is 6.09. The monoisotopic (exact) mass is 179 g/mol. The van der Waals surface area contributed by atoms with Gasteiger partial charge in [-0.25, -0.2) is 9.90 Å². The lowest BCUT2D eigenvalue weighted by molar-refractivity contribution is -0.150. The summed E-state index contributed by atoms with van der Waals surface area (Å²) < 4.78 is 5.07. The Labute approximate surface area is 77.0 Å². The van der Waals surface area contributed by atoms with Gasteiger partial charge in [0.15, 0.2) is 6.10 Å². The Morgan fingerprint density at radius 1 is 1.31 bits per heavy atom. The van der Waals surface area contributed by atoms with Crippen LogP contribution in [-0.4, -0.2) is 12.1 Å². The maximum atomic E-state index is 10.3. The summed E-state index contributed by atoms with van der Waals surface area (Å²) in [4.78, 5) is 10.3. The van der Waals surface area contributed by atoms with Crippen LogP contribution in [0.5, 0.6) is 5.75 Å². The molecule has 0 N–H and O–H groups in total. The molecule has 0 amide bonds. The molecule has 0 spiro atoms. The van der Waals surface area contributed by atoms with E-state index in [0.717, 1.165) is 5.56 Å². The summed E-state index contributed by atoms with van der Waals surface area (Å²) in [5, 5.41) is 10.3. The molecule has 0 fully saturated rings. The Morgan fingerprint density at radius 3 is 2.31 bits per heavy atom. The van der Waals surface area contributed by atoms with Gasteiger partial charge in [-0.2, -0.15) is 0 Å². The lowest BCUT2D eigenvalue weighted by Gasteiger charge is -2.08. The zero-order valence-corrected chi connectivity index (χ0v) is 7.61. The molecule has 1 aromatic rings. The smallest absolute Gasteiger partial charge is 0.395 e. The first-order valence-corrected chi connectivity index (χ1v) is 4.04. The van der Waals surface area contributed by atoms with Crippen LogP contribution in [-0.2, 0) is 9.90 Å². The van der Waals surface area contributed by atoms with Crippen molar-refractivity contribution in [2.24, 2.45) is 0 Å². The molecule has 69 valence electrons. The van der Waals surface area contributed by atoms with Gasteiger partial charge in [0, 0.05) is 0 Å². The standard InChI is InChI=1S/C10H11O3/c1-7-3-5-9(6-4-7)13-8(2)10(11)12/h3-6,8H,1-2H3. The number of benzene rings is 1. The molecule has 0 bridgehead atoms. The summed E-state index contributed by atoms with van der Waals surface area (Å²) >= 11 is 0. The van der Waals surface area contributed by atoms with Gasteiger partial charge in [-0.05, 0) is 26.0 Å². The van der Waals surface area contributed by atoms with Crippen LogP contribution in [0.15, 0.2) is 24.3 Å². The van der Waals surface area contributed by atoms with Crippen LogP contribution < -0.4 is 4.74 Å². The van der Waals surface area contributed by atoms with Crippen LogP contribution in [0.1, 0.15) is 12.5 Å². The van der Waals surface area contributed by atoms with Crippen LogP contribution >= 0.6 is 0 Å². The largest absolute Gasteiger partial charge is 0.479 e. The van der Waals surface area contributed by atoms with E-state index in [9.17, 15) is 9.90 Å². The quantitative estimate of drug-likeness (QED) is 0.709. The number of rotatable bonds is 3. The van der Waals surface area contributed by atoms with Gasteiger partial charge in [-0.3, -0.25) is 0 Å². The van der Waals surface area contributed by atoms with Gasteiger partial charge in [0.2, 0.25) is 0 Å². The molecule has 0 heterocycles. The highest BCUT2D eigenvalue weighted by molar-refractivity contribution is 5.71. The van der Waals surface area contributed by atoms with Crippen LogP contribution in [0.2, 0.25) is 0 Å². The lowest BCUT2D eigenvalue weighted by Crippen LogP contribution is -2.21. The van der Waals surface area contributed by atoms with Gasteiger partial charge in [0.05, 0.1) is 0 Å². The van der Waals surface area contributed by atoms with E-state index in [2.05, 4.69) is 0 Å². The van der Waals surface area contributed by atoms with Crippen molar-refractivity contribution in [3.63, 3.8) is 0 Å². The molecule has 1 aromatic carbocycles. The van der Waals surface area contributed by atoms with E-state index in [-0.39, 0.29) is 0 Å². The van der Waals surface area contributed by atoms with E-state index < -0.39 is 12.1 Å². The molecule has 1 atom stereocenters. The first-order valence-electron chi connectivity index (χ1n) is 4.04. The van der Waals surface area contributed by atoms with E-state index in [0.29, 0.717) is 5.75 Å². The maximum absolute atomic E-state index is 10.3. The predicted molar refractivity (Wildman–Crippen MR) is 47.0 cm³/mol. The van der Waals surface area contributed by atoms with Crippen molar-refractivity contribution in [2.45, 2.75) is 20.0 Å². The second-order valence-corrected chi connectivity index (χ2v) is 2.89. The Morgan fingerprint density at radius 2 is 1.85 bits per heavy atom. The fourth-order valence-corrected chi connectivity index (χ4v) is 0.869. The molecule has 0 saturated heterocycles. The SMILES string of the molecule is Cc1ccc(OC(C)C([O])=O)cc1. The third kappa shape index (κ3) is 2.78. The first kappa shape index (κ1) is 9.58. The summed E-state index contributed by atoms with van der Waals surface area (Å²) in [7, 11) is 0. The molecule has 1 rings (SSSR count). The summed E-state index contributed by atoms with van der Waals surface area (Å²) in [6.45, 7) is 3.39. The number of carbonyl (C=O) groups excluding carboxylic acids is 1. The molecule has 0 aromatic heterocycles. The van der Waals surface area contributed by atoms with Crippen LogP contribution in [0.25, 0.3) is 0 Å². The molecule has 1 unspecified atom stereocenters. The van der Waals surface area contributed by atoms with Gasteiger partial charge >= 0.3 is 5.97 Å². The lowest BCUT2D eigenvalue weighted by atomic mass is 10.2. The number of aryl methyl sites for hydroxylation is 1. The predicted octanol–water partition coefficient (Wildman–Crippen LogP) is 1.72. The minimum Gasteiger partial charge on any atom is -0.479 e. The van der Waals surface area contributed by atoms with Crippen LogP contribution in [0.4, 0.5) is 0 Å². The fraction of sp³-hybridized carbons (Fsp3) is 0.300. The second-order valence-electron chi connectivity index (χ2n) is 2.89. The summed E-state index contributed by atoms with van der Waals surface area (Å²) in [5.74, 6) is -0.664. The van der Waals surface area contributed by atoms with Gasteiger partial charge in [-0.15, -0.1) is 0 Å². The number of carbonyl (C=O) groups is 1. The van der Waals surface area contributed by atoms with Gasteiger partial charge < -0.3 is 4.74 Å². The molecule has 0 aliphatic heterocycles. The third-order valence-corrected chi connectivity index (χ3v) is 1.67. The van der Waals surface area contributed by atoms with E-state index in [1.807, 2.05) is 19.1 Å². The fourth-order valence-electron chi connectivity index (χ4n) is 0.869. The highest BCUT2D eigenvalue weighted by Crippen LogP contribution is 2.13. The second kappa shape index (κ2) is 3.94. The molecule has 0 saturated carbocycles. The molecule has 0 aliphatic carbocycles. The van der Waals surface area contributed by atoms with Gasteiger partial charge in [0.25, 0.3) is 0 Å². The Hall–Kier alpha value is -1.51.